The molecule has 0 spiro atoms. The summed E-state index contributed by atoms with van der Waals surface area (Å²) >= 11 is 0. The summed E-state index contributed by atoms with van der Waals surface area (Å²) in [6.45, 7) is 4.24. The highest BCUT2D eigenvalue weighted by atomic mass is 31.2. The average molecular weight is 306 g/mol. The van der Waals surface area contributed by atoms with Gasteiger partial charge in [-0.05, 0) is 18.9 Å². The van der Waals surface area contributed by atoms with Crippen molar-refractivity contribution in [3.8, 4) is 0 Å². The van der Waals surface area contributed by atoms with E-state index in [2.05, 4.69) is 6.92 Å². The van der Waals surface area contributed by atoms with Crippen LogP contribution in [-0.4, -0.2) is 9.79 Å². The Kier molecular flexibility index (Phi) is 12.2. The second kappa shape index (κ2) is 12.4. The van der Waals surface area contributed by atoms with Crippen molar-refractivity contribution in [2.75, 3.05) is 0 Å². The summed E-state index contributed by atoms with van der Waals surface area (Å²) in [4.78, 5) is 17.7. The third-order valence-electron chi connectivity index (χ3n) is 3.17. The van der Waals surface area contributed by atoms with Crippen molar-refractivity contribution in [3.63, 3.8) is 0 Å². The highest BCUT2D eigenvalue weighted by Crippen LogP contribution is 2.40. The van der Waals surface area contributed by atoms with Gasteiger partial charge in [-0.25, -0.2) is 4.57 Å². The molecule has 0 aliphatic rings. The quantitative estimate of drug-likeness (QED) is 0.275. The highest BCUT2D eigenvalue weighted by molar-refractivity contribution is 7.46. The number of hydrogen-bond acceptors (Lipinski definition) is 2. The average Bonchev–Trinajstić information content (AvgIpc) is 2.37. The molecule has 0 bridgehead atoms. The standard InChI is InChI=1S/C15H31O4P/c1-3-5-7-8-9-10-11-12-14-15(13-6-4-2)19-20(16,17)18/h13H,3-12,14H2,1-2H3,(H2,16,17,18). The monoisotopic (exact) mass is 306 g/mol. The van der Waals surface area contributed by atoms with Crippen LogP contribution >= 0.6 is 7.82 Å². The Morgan fingerprint density at radius 3 is 2.00 bits per heavy atom. The van der Waals surface area contributed by atoms with Gasteiger partial charge >= 0.3 is 7.82 Å². The summed E-state index contributed by atoms with van der Waals surface area (Å²) in [5, 5.41) is 0. The molecule has 0 unspecified atom stereocenters. The fourth-order valence-electron chi connectivity index (χ4n) is 2.08. The first-order chi connectivity index (χ1) is 9.49. The first-order valence-electron chi connectivity index (χ1n) is 7.93. The second-order valence-corrected chi connectivity index (χ2v) is 6.43. The zero-order valence-electron chi connectivity index (χ0n) is 13.0. The lowest BCUT2D eigenvalue weighted by atomic mass is 10.1. The molecule has 0 heterocycles. The van der Waals surface area contributed by atoms with Gasteiger partial charge in [0.05, 0.1) is 0 Å². The first-order valence-corrected chi connectivity index (χ1v) is 9.46. The fourth-order valence-corrected chi connectivity index (χ4v) is 2.55. The Bertz CT molecular complexity index is 296. The van der Waals surface area contributed by atoms with Crippen LogP contribution in [0.25, 0.3) is 0 Å². The summed E-state index contributed by atoms with van der Waals surface area (Å²) in [5.41, 5.74) is 0. The van der Waals surface area contributed by atoms with Gasteiger partial charge < -0.3 is 4.52 Å². The van der Waals surface area contributed by atoms with E-state index < -0.39 is 7.82 Å². The van der Waals surface area contributed by atoms with Crippen LogP contribution in [0.5, 0.6) is 0 Å². The summed E-state index contributed by atoms with van der Waals surface area (Å²) in [6.07, 6.45) is 13.9. The summed E-state index contributed by atoms with van der Waals surface area (Å²) in [5.74, 6) is 0.450. The predicted octanol–water partition coefficient (Wildman–Crippen LogP) is 5.31. The maximum Gasteiger partial charge on any atom is 0.524 e. The van der Waals surface area contributed by atoms with E-state index in [-0.39, 0.29) is 0 Å². The van der Waals surface area contributed by atoms with Gasteiger partial charge in [-0.3, -0.25) is 9.79 Å². The lowest BCUT2D eigenvalue weighted by molar-refractivity contribution is 0.234. The van der Waals surface area contributed by atoms with Crippen LogP contribution in [0, 0.1) is 0 Å². The molecule has 0 fully saturated rings. The van der Waals surface area contributed by atoms with E-state index in [1.807, 2.05) is 6.92 Å². The Labute approximate surface area is 123 Å². The van der Waals surface area contributed by atoms with Crippen molar-refractivity contribution < 1.29 is 18.9 Å². The minimum absolute atomic E-state index is 0.450. The Balaban J connectivity index is 3.77. The van der Waals surface area contributed by atoms with E-state index in [4.69, 9.17) is 14.3 Å². The van der Waals surface area contributed by atoms with Gasteiger partial charge in [0.25, 0.3) is 0 Å². The predicted molar refractivity (Wildman–Crippen MR) is 83.3 cm³/mol. The molecule has 0 amide bonds. The zero-order valence-corrected chi connectivity index (χ0v) is 13.9. The molecular weight excluding hydrogens is 275 g/mol. The number of rotatable bonds is 13. The van der Waals surface area contributed by atoms with Crippen molar-refractivity contribution in [1.82, 2.24) is 0 Å². The van der Waals surface area contributed by atoms with Gasteiger partial charge in [0, 0.05) is 6.42 Å². The van der Waals surface area contributed by atoms with Crippen molar-refractivity contribution >= 4 is 7.82 Å². The van der Waals surface area contributed by atoms with E-state index >= 15 is 0 Å². The Morgan fingerprint density at radius 1 is 0.950 bits per heavy atom. The molecule has 2 N–H and O–H groups in total. The molecule has 120 valence electrons. The summed E-state index contributed by atoms with van der Waals surface area (Å²) in [6, 6.07) is 0. The normalized spacial score (nSPS) is 12.7. The van der Waals surface area contributed by atoms with Crippen molar-refractivity contribution in [3.05, 3.63) is 11.8 Å². The third kappa shape index (κ3) is 14.1. The molecule has 0 radical (unpaired) electrons. The number of phosphoric acid groups is 1. The highest BCUT2D eigenvalue weighted by Gasteiger charge is 2.17. The van der Waals surface area contributed by atoms with Gasteiger partial charge in [0.15, 0.2) is 0 Å². The fraction of sp³-hybridized carbons (Fsp3) is 0.867. The van der Waals surface area contributed by atoms with E-state index in [1.54, 1.807) is 6.08 Å². The smallest absolute Gasteiger partial charge is 0.409 e. The van der Waals surface area contributed by atoms with Gasteiger partial charge in [-0.1, -0.05) is 65.2 Å². The molecule has 4 nitrogen and oxygen atoms in total. The molecule has 0 saturated heterocycles. The van der Waals surface area contributed by atoms with E-state index in [9.17, 15) is 4.57 Å². The summed E-state index contributed by atoms with van der Waals surface area (Å²) in [7, 11) is -4.40. The summed E-state index contributed by atoms with van der Waals surface area (Å²) < 4.78 is 15.6. The molecule has 0 aromatic heterocycles. The first kappa shape index (κ1) is 19.7. The molecule has 5 heteroatoms. The molecule has 20 heavy (non-hydrogen) atoms. The molecule has 0 rings (SSSR count). The molecule has 0 aliphatic heterocycles. The van der Waals surface area contributed by atoms with Crippen molar-refractivity contribution in [2.24, 2.45) is 0 Å². The van der Waals surface area contributed by atoms with Crippen LogP contribution in [-0.2, 0) is 9.09 Å². The van der Waals surface area contributed by atoms with Gasteiger partial charge in [0.2, 0.25) is 0 Å². The van der Waals surface area contributed by atoms with Crippen molar-refractivity contribution in [2.45, 2.75) is 84.5 Å². The third-order valence-corrected chi connectivity index (χ3v) is 3.65. The zero-order chi connectivity index (χ0) is 15.3. The SMILES string of the molecule is CCCC=C(CCCCCCCCCC)OP(=O)(O)O. The van der Waals surface area contributed by atoms with Crippen LogP contribution in [0.4, 0.5) is 0 Å². The maximum atomic E-state index is 10.9. The lowest BCUT2D eigenvalue weighted by Crippen LogP contribution is -1.92. The van der Waals surface area contributed by atoms with Crippen LogP contribution in [0.3, 0.4) is 0 Å². The van der Waals surface area contributed by atoms with Gasteiger partial charge in [0.1, 0.15) is 5.76 Å². The molecule has 0 atom stereocenters. The Hall–Kier alpha value is -0.310. The number of unbranched alkanes of at least 4 members (excludes halogenated alkanes) is 8. The van der Waals surface area contributed by atoms with E-state index in [0.29, 0.717) is 12.2 Å². The number of phosphoric ester groups is 1. The number of hydrogen-bond donors (Lipinski definition) is 2. The maximum absolute atomic E-state index is 10.9. The van der Waals surface area contributed by atoms with Crippen LogP contribution in [0.2, 0.25) is 0 Å². The molecule has 0 aromatic rings. The molecular formula is C15H31O4P. The van der Waals surface area contributed by atoms with Crippen LogP contribution < -0.4 is 0 Å². The van der Waals surface area contributed by atoms with Crippen LogP contribution in [0.1, 0.15) is 84.5 Å². The van der Waals surface area contributed by atoms with Crippen LogP contribution in [0.15, 0.2) is 11.8 Å². The minimum atomic E-state index is -4.40. The lowest BCUT2D eigenvalue weighted by Gasteiger charge is -2.11. The number of allylic oxidation sites excluding steroid dienone is 2. The van der Waals surface area contributed by atoms with Crippen molar-refractivity contribution in [1.29, 1.82) is 0 Å². The second-order valence-electron chi connectivity index (χ2n) is 5.27. The van der Waals surface area contributed by atoms with E-state index in [0.717, 1.165) is 25.7 Å². The largest absolute Gasteiger partial charge is 0.524 e. The topological polar surface area (TPSA) is 66.8 Å². The Morgan fingerprint density at radius 2 is 1.50 bits per heavy atom. The molecule has 0 aromatic carbocycles. The van der Waals surface area contributed by atoms with E-state index in [1.165, 1.54) is 38.5 Å². The molecule has 0 saturated carbocycles. The minimum Gasteiger partial charge on any atom is -0.409 e. The molecule has 0 aliphatic carbocycles. The van der Waals surface area contributed by atoms with Gasteiger partial charge in [-0.15, -0.1) is 0 Å². The van der Waals surface area contributed by atoms with Gasteiger partial charge in [-0.2, -0.15) is 0 Å².